The van der Waals surface area contributed by atoms with E-state index in [1.54, 1.807) is 18.2 Å². The molecule has 0 heterocycles. The largest absolute Gasteiger partial charge is 0.507 e. The number of amides is 1. The number of rotatable bonds is 3. The van der Waals surface area contributed by atoms with Crippen LogP contribution < -0.4 is 5.32 Å². The Morgan fingerprint density at radius 1 is 1.57 bits per heavy atom. The maximum atomic E-state index is 11.5. The van der Waals surface area contributed by atoms with Gasteiger partial charge in [-0.25, -0.2) is 0 Å². The summed E-state index contributed by atoms with van der Waals surface area (Å²) in [6.07, 6.45) is 0.886. The van der Waals surface area contributed by atoms with Gasteiger partial charge in [-0.2, -0.15) is 0 Å². The molecule has 0 saturated heterocycles. The van der Waals surface area contributed by atoms with Crippen molar-refractivity contribution < 1.29 is 9.90 Å². The molecule has 1 amide bonds. The third-order valence-corrected chi connectivity index (χ3v) is 2.41. The standard InChI is InChI=1S/C10H12INO2/c1-2-5-12-10(14)8-4-3-7(11)6-9(8)13/h3-4,6,13H,2,5H2,1H3,(H,12,14). The summed E-state index contributed by atoms with van der Waals surface area (Å²) in [5.41, 5.74) is 0.332. The summed E-state index contributed by atoms with van der Waals surface area (Å²) in [6.45, 7) is 2.61. The van der Waals surface area contributed by atoms with Crippen LogP contribution in [0.1, 0.15) is 23.7 Å². The minimum absolute atomic E-state index is 0.0329. The molecule has 4 heteroatoms. The van der Waals surface area contributed by atoms with Crippen molar-refractivity contribution in [1.82, 2.24) is 5.32 Å². The number of hydrogen-bond acceptors (Lipinski definition) is 2. The second-order valence-electron chi connectivity index (χ2n) is 2.92. The molecule has 1 aromatic rings. The van der Waals surface area contributed by atoms with Gasteiger partial charge in [0.1, 0.15) is 5.75 Å². The molecule has 0 unspecified atom stereocenters. The van der Waals surface area contributed by atoms with Crippen LogP contribution in [0.4, 0.5) is 0 Å². The molecule has 0 radical (unpaired) electrons. The molecule has 0 aromatic heterocycles. The van der Waals surface area contributed by atoms with Crippen LogP contribution in [0.25, 0.3) is 0 Å². The van der Waals surface area contributed by atoms with Gasteiger partial charge in [0, 0.05) is 10.1 Å². The van der Waals surface area contributed by atoms with Crippen molar-refractivity contribution in [1.29, 1.82) is 0 Å². The third kappa shape index (κ3) is 2.87. The van der Waals surface area contributed by atoms with Crippen molar-refractivity contribution in [2.75, 3.05) is 6.54 Å². The molecule has 0 fully saturated rings. The number of aromatic hydroxyl groups is 1. The first-order chi connectivity index (χ1) is 6.65. The zero-order chi connectivity index (χ0) is 10.6. The molecular formula is C10H12INO2. The van der Waals surface area contributed by atoms with Crippen molar-refractivity contribution in [3.05, 3.63) is 27.3 Å². The summed E-state index contributed by atoms with van der Waals surface area (Å²) in [6, 6.07) is 4.99. The van der Waals surface area contributed by atoms with Crippen molar-refractivity contribution in [2.24, 2.45) is 0 Å². The van der Waals surface area contributed by atoms with E-state index in [2.05, 4.69) is 27.9 Å². The Labute approximate surface area is 96.7 Å². The summed E-state index contributed by atoms with van der Waals surface area (Å²) in [5, 5.41) is 12.2. The average molecular weight is 305 g/mol. The normalized spacial score (nSPS) is 9.86. The van der Waals surface area contributed by atoms with E-state index in [4.69, 9.17) is 0 Å². The van der Waals surface area contributed by atoms with Gasteiger partial charge >= 0.3 is 0 Å². The van der Waals surface area contributed by atoms with Gasteiger partial charge < -0.3 is 10.4 Å². The SMILES string of the molecule is CCCNC(=O)c1ccc(I)cc1O. The highest BCUT2D eigenvalue weighted by molar-refractivity contribution is 14.1. The molecular weight excluding hydrogens is 293 g/mol. The molecule has 1 aromatic carbocycles. The summed E-state index contributed by atoms with van der Waals surface area (Å²) < 4.78 is 0.909. The van der Waals surface area contributed by atoms with Crippen LogP contribution in [-0.4, -0.2) is 17.6 Å². The van der Waals surface area contributed by atoms with Crippen molar-refractivity contribution in [3.8, 4) is 5.75 Å². The lowest BCUT2D eigenvalue weighted by Gasteiger charge is -2.05. The first-order valence-electron chi connectivity index (χ1n) is 4.42. The molecule has 0 aliphatic heterocycles. The lowest BCUT2D eigenvalue weighted by molar-refractivity contribution is 0.0951. The summed E-state index contributed by atoms with van der Waals surface area (Å²) in [4.78, 5) is 11.5. The summed E-state index contributed by atoms with van der Waals surface area (Å²) in [5.74, 6) is -0.189. The molecule has 76 valence electrons. The van der Waals surface area contributed by atoms with Gasteiger partial charge in [-0.05, 0) is 47.2 Å². The van der Waals surface area contributed by atoms with Crippen LogP contribution in [0, 0.1) is 3.57 Å². The van der Waals surface area contributed by atoms with Gasteiger partial charge in [0.25, 0.3) is 5.91 Å². The lowest BCUT2D eigenvalue weighted by Crippen LogP contribution is -2.23. The van der Waals surface area contributed by atoms with Crippen molar-refractivity contribution in [2.45, 2.75) is 13.3 Å². The molecule has 0 saturated carbocycles. The van der Waals surface area contributed by atoms with Gasteiger partial charge in [0.05, 0.1) is 5.56 Å². The lowest BCUT2D eigenvalue weighted by atomic mass is 10.2. The number of benzene rings is 1. The number of carbonyl (C=O) groups is 1. The summed E-state index contributed by atoms with van der Waals surface area (Å²) >= 11 is 2.08. The number of halogens is 1. The van der Waals surface area contributed by atoms with Crippen LogP contribution in [0.3, 0.4) is 0 Å². The number of carbonyl (C=O) groups excluding carboxylic acids is 1. The Hall–Kier alpha value is -0.780. The van der Waals surface area contributed by atoms with Crippen LogP contribution in [0.2, 0.25) is 0 Å². The zero-order valence-corrected chi connectivity index (χ0v) is 10.0. The van der Waals surface area contributed by atoms with Gasteiger partial charge in [0.2, 0.25) is 0 Å². The highest BCUT2D eigenvalue weighted by atomic mass is 127. The fourth-order valence-electron chi connectivity index (χ4n) is 1.03. The quantitative estimate of drug-likeness (QED) is 0.841. The van der Waals surface area contributed by atoms with E-state index in [9.17, 15) is 9.90 Å². The highest BCUT2D eigenvalue weighted by Gasteiger charge is 2.09. The van der Waals surface area contributed by atoms with Crippen LogP contribution in [0.5, 0.6) is 5.75 Å². The molecule has 0 aliphatic rings. The minimum Gasteiger partial charge on any atom is -0.507 e. The molecule has 0 aliphatic carbocycles. The average Bonchev–Trinajstić information content (AvgIpc) is 2.14. The molecule has 2 N–H and O–H groups in total. The van der Waals surface area contributed by atoms with Crippen LogP contribution in [-0.2, 0) is 0 Å². The van der Waals surface area contributed by atoms with Gasteiger partial charge in [0.15, 0.2) is 0 Å². The van der Waals surface area contributed by atoms with E-state index in [0.717, 1.165) is 9.99 Å². The maximum Gasteiger partial charge on any atom is 0.255 e. The van der Waals surface area contributed by atoms with Gasteiger partial charge in [-0.15, -0.1) is 0 Å². The number of phenols is 1. The smallest absolute Gasteiger partial charge is 0.255 e. The van der Waals surface area contributed by atoms with Crippen molar-refractivity contribution >= 4 is 28.5 Å². The fourth-order valence-corrected chi connectivity index (χ4v) is 1.51. The van der Waals surface area contributed by atoms with Crippen molar-refractivity contribution in [3.63, 3.8) is 0 Å². The summed E-state index contributed by atoms with van der Waals surface area (Å²) in [7, 11) is 0. The molecule has 0 atom stereocenters. The molecule has 0 bridgehead atoms. The first kappa shape index (κ1) is 11.3. The van der Waals surface area contributed by atoms with E-state index in [1.807, 2.05) is 6.92 Å². The molecule has 0 spiro atoms. The number of nitrogens with one attached hydrogen (secondary N) is 1. The minimum atomic E-state index is -0.222. The van der Waals surface area contributed by atoms with E-state index in [1.165, 1.54) is 0 Å². The number of hydrogen-bond donors (Lipinski definition) is 2. The third-order valence-electron chi connectivity index (χ3n) is 1.74. The van der Waals surface area contributed by atoms with Gasteiger partial charge in [-0.1, -0.05) is 6.92 Å². The topological polar surface area (TPSA) is 49.3 Å². The Kier molecular flexibility index (Phi) is 4.19. The molecule has 1 rings (SSSR count). The van der Waals surface area contributed by atoms with E-state index in [0.29, 0.717) is 12.1 Å². The monoisotopic (exact) mass is 305 g/mol. The van der Waals surface area contributed by atoms with E-state index >= 15 is 0 Å². The highest BCUT2D eigenvalue weighted by Crippen LogP contribution is 2.19. The van der Waals surface area contributed by atoms with Crippen LogP contribution >= 0.6 is 22.6 Å². The number of phenolic OH excluding ortho intramolecular Hbond substituents is 1. The zero-order valence-electron chi connectivity index (χ0n) is 7.88. The van der Waals surface area contributed by atoms with E-state index < -0.39 is 0 Å². The second kappa shape index (κ2) is 5.19. The first-order valence-corrected chi connectivity index (χ1v) is 5.49. The van der Waals surface area contributed by atoms with E-state index in [-0.39, 0.29) is 11.7 Å². The fraction of sp³-hybridized carbons (Fsp3) is 0.300. The second-order valence-corrected chi connectivity index (χ2v) is 4.16. The Morgan fingerprint density at radius 3 is 2.86 bits per heavy atom. The predicted octanol–water partition coefficient (Wildman–Crippen LogP) is 2.14. The molecule has 3 nitrogen and oxygen atoms in total. The Balaban J connectivity index is 2.80. The Morgan fingerprint density at radius 2 is 2.29 bits per heavy atom. The molecule has 14 heavy (non-hydrogen) atoms. The Bertz CT molecular complexity index is 339. The van der Waals surface area contributed by atoms with Crippen LogP contribution in [0.15, 0.2) is 18.2 Å². The predicted molar refractivity (Wildman–Crippen MR) is 63.4 cm³/mol. The van der Waals surface area contributed by atoms with Gasteiger partial charge in [-0.3, -0.25) is 4.79 Å². The maximum absolute atomic E-state index is 11.5.